The highest BCUT2D eigenvalue weighted by Gasteiger charge is 2.23. The van der Waals surface area contributed by atoms with E-state index in [0.29, 0.717) is 24.0 Å². The molecule has 1 amide bonds. The Morgan fingerprint density at radius 3 is 2.88 bits per heavy atom. The molecule has 3 rings (SSSR count). The van der Waals surface area contributed by atoms with Gasteiger partial charge >= 0.3 is 0 Å². The zero-order valence-corrected chi connectivity index (χ0v) is 17.2. The number of aromatic nitrogens is 2. The SMILES string of the molecule is CCCCCCn1c(SCC(=O)NCC)nc2sc3c(c2c1=O)CCC3. The first-order valence-corrected chi connectivity index (χ1v) is 11.4. The van der Waals surface area contributed by atoms with Gasteiger partial charge in [0.2, 0.25) is 5.91 Å². The molecule has 0 aliphatic heterocycles. The van der Waals surface area contributed by atoms with Crippen molar-refractivity contribution < 1.29 is 4.79 Å². The summed E-state index contributed by atoms with van der Waals surface area (Å²) in [6, 6.07) is 0. The molecule has 2 aromatic heterocycles. The Morgan fingerprint density at radius 1 is 1.27 bits per heavy atom. The summed E-state index contributed by atoms with van der Waals surface area (Å²) in [5.74, 6) is 0.282. The van der Waals surface area contributed by atoms with Crippen molar-refractivity contribution >= 4 is 39.2 Å². The van der Waals surface area contributed by atoms with Crippen LogP contribution in [-0.2, 0) is 24.2 Å². The fourth-order valence-electron chi connectivity index (χ4n) is 3.44. The number of nitrogens with one attached hydrogen (secondary N) is 1. The van der Waals surface area contributed by atoms with Crippen molar-refractivity contribution in [3.05, 3.63) is 20.8 Å². The number of nitrogens with zero attached hydrogens (tertiary/aromatic N) is 2. The second kappa shape index (κ2) is 9.04. The highest BCUT2D eigenvalue weighted by atomic mass is 32.2. The maximum atomic E-state index is 13.2. The van der Waals surface area contributed by atoms with Crippen LogP contribution in [0.5, 0.6) is 0 Å². The van der Waals surface area contributed by atoms with E-state index in [4.69, 9.17) is 4.98 Å². The van der Waals surface area contributed by atoms with Crippen molar-refractivity contribution in [1.29, 1.82) is 0 Å². The highest BCUT2D eigenvalue weighted by molar-refractivity contribution is 7.99. The lowest BCUT2D eigenvalue weighted by atomic mass is 10.2. The van der Waals surface area contributed by atoms with Crippen molar-refractivity contribution in [2.45, 2.75) is 70.5 Å². The van der Waals surface area contributed by atoms with Crippen LogP contribution in [0.4, 0.5) is 0 Å². The third kappa shape index (κ3) is 4.14. The standard InChI is InChI=1S/C19H27N3O2S2/c1-3-5-6-7-11-22-18(24)16-13-9-8-10-14(13)26-17(16)21-19(22)25-12-15(23)20-4-2/h3-12H2,1-2H3,(H,20,23). The zero-order chi connectivity index (χ0) is 18.5. The molecule has 26 heavy (non-hydrogen) atoms. The van der Waals surface area contributed by atoms with E-state index in [1.165, 1.54) is 35.0 Å². The first-order valence-electron chi connectivity index (χ1n) is 9.60. The third-order valence-electron chi connectivity index (χ3n) is 4.73. The van der Waals surface area contributed by atoms with Crippen molar-refractivity contribution in [3.63, 3.8) is 0 Å². The lowest BCUT2D eigenvalue weighted by molar-refractivity contribution is -0.118. The van der Waals surface area contributed by atoms with E-state index in [1.807, 2.05) is 11.5 Å². The molecule has 1 aliphatic carbocycles. The molecule has 0 spiro atoms. The molecule has 2 aromatic rings. The summed E-state index contributed by atoms with van der Waals surface area (Å²) in [5, 5.41) is 4.33. The molecule has 0 fully saturated rings. The average molecular weight is 394 g/mol. The number of fused-ring (bicyclic) bond motifs is 3. The number of hydrogen-bond acceptors (Lipinski definition) is 5. The van der Waals surface area contributed by atoms with Crippen LogP contribution in [0.2, 0.25) is 0 Å². The van der Waals surface area contributed by atoms with Crippen molar-refractivity contribution in [2.75, 3.05) is 12.3 Å². The molecule has 0 atom stereocenters. The van der Waals surface area contributed by atoms with Crippen LogP contribution in [0.25, 0.3) is 10.2 Å². The summed E-state index contributed by atoms with van der Waals surface area (Å²) in [7, 11) is 0. The third-order valence-corrected chi connectivity index (χ3v) is 6.89. The number of rotatable bonds is 9. The lowest BCUT2D eigenvalue weighted by Crippen LogP contribution is -2.27. The maximum absolute atomic E-state index is 13.2. The number of thioether (sulfide) groups is 1. The number of hydrogen-bond donors (Lipinski definition) is 1. The van der Waals surface area contributed by atoms with Gasteiger partial charge in [-0.3, -0.25) is 14.2 Å². The van der Waals surface area contributed by atoms with Gasteiger partial charge < -0.3 is 5.32 Å². The molecule has 5 nitrogen and oxygen atoms in total. The topological polar surface area (TPSA) is 64.0 Å². The van der Waals surface area contributed by atoms with Crippen LogP contribution in [0.15, 0.2) is 9.95 Å². The molecule has 1 aliphatic rings. The molecule has 0 unspecified atom stereocenters. The molecule has 2 heterocycles. The smallest absolute Gasteiger partial charge is 0.263 e. The van der Waals surface area contributed by atoms with Crippen LogP contribution < -0.4 is 10.9 Å². The molecular formula is C19H27N3O2S2. The number of thiophene rings is 1. The zero-order valence-electron chi connectivity index (χ0n) is 15.6. The molecule has 1 N–H and O–H groups in total. The molecule has 0 bridgehead atoms. The van der Waals surface area contributed by atoms with E-state index in [9.17, 15) is 9.59 Å². The quantitative estimate of drug-likeness (QED) is 0.400. The van der Waals surface area contributed by atoms with Gasteiger partial charge in [0, 0.05) is 18.0 Å². The lowest BCUT2D eigenvalue weighted by Gasteiger charge is -2.12. The first kappa shape index (κ1) is 19.4. The molecule has 142 valence electrons. The van der Waals surface area contributed by atoms with Gasteiger partial charge in [0.15, 0.2) is 5.16 Å². The normalized spacial score (nSPS) is 13.3. The minimum absolute atomic E-state index is 0.0157. The van der Waals surface area contributed by atoms with Crippen molar-refractivity contribution in [3.8, 4) is 0 Å². The Labute approximate surface area is 162 Å². The molecular weight excluding hydrogens is 366 g/mol. The Bertz CT molecular complexity index is 841. The number of amides is 1. The summed E-state index contributed by atoms with van der Waals surface area (Å²) in [6.07, 6.45) is 7.63. The van der Waals surface area contributed by atoms with E-state index in [1.54, 1.807) is 11.3 Å². The minimum atomic E-state index is -0.0157. The van der Waals surface area contributed by atoms with E-state index in [-0.39, 0.29) is 11.5 Å². The predicted octanol–water partition coefficient (Wildman–Crippen LogP) is 3.76. The Balaban J connectivity index is 1.92. The number of unbranched alkanes of at least 4 members (excludes halogenated alkanes) is 3. The monoisotopic (exact) mass is 393 g/mol. The predicted molar refractivity (Wildman–Crippen MR) is 109 cm³/mol. The van der Waals surface area contributed by atoms with Crippen LogP contribution in [0, 0.1) is 0 Å². The molecule has 0 saturated heterocycles. The molecule has 0 aromatic carbocycles. The van der Waals surface area contributed by atoms with E-state index in [2.05, 4.69) is 12.2 Å². The van der Waals surface area contributed by atoms with Gasteiger partial charge in [-0.1, -0.05) is 37.9 Å². The maximum Gasteiger partial charge on any atom is 0.263 e. The van der Waals surface area contributed by atoms with Gasteiger partial charge in [0.25, 0.3) is 5.56 Å². The van der Waals surface area contributed by atoms with Gasteiger partial charge in [-0.25, -0.2) is 4.98 Å². The van der Waals surface area contributed by atoms with Crippen LogP contribution >= 0.6 is 23.1 Å². The summed E-state index contributed by atoms with van der Waals surface area (Å²) in [6.45, 7) is 5.39. The van der Waals surface area contributed by atoms with Crippen molar-refractivity contribution in [1.82, 2.24) is 14.9 Å². The molecule has 0 saturated carbocycles. The van der Waals surface area contributed by atoms with Gasteiger partial charge in [0.05, 0.1) is 11.1 Å². The molecule has 7 heteroatoms. The number of aryl methyl sites for hydroxylation is 2. The highest BCUT2D eigenvalue weighted by Crippen LogP contribution is 2.35. The summed E-state index contributed by atoms with van der Waals surface area (Å²) >= 11 is 3.04. The Morgan fingerprint density at radius 2 is 2.12 bits per heavy atom. The van der Waals surface area contributed by atoms with E-state index in [0.717, 1.165) is 42.3 Å². The Hall–Kier alpha value is -1.34. The second-order valence-electron chi connectivity index (χ2n) is 6.69. The van der Waals surface area contributed by atoms with Crippen molar-refractivity contribution in [2.24, 2.45) is 0 Å². The summed E-state index contributed by atoms with van der Waals surface area (Å²) in [4.78, 5) is 32.0. The summed E-state index contributed by atoms with van der Waals surface area (Å²) < 4.78 is 1.81. The van der Waals surface area contributed by atoms with Crippen LogP contribution in [0.3, 0.4) is 0 Å². The van der Waals surface area contributed by atoms with Gasteiger partial charge in [-0.15, -0.1) is 11.3 Å². The largest absolute Gasteiger partial charge is 0.356 e. The van der Waals surface area contributed by atoms with E-state index < -0.39 is 0 Å². The second-order valence-corrected chi connectivity index (χ2v) is 8.72. The minimum Gasteiger partial charge on any atom is -0.356 e. The Kier molecular flexibility index (Phi) is 6.75. The molecule has 0 radical (unpaired) electrons. The number of carbonyl (C=O) groups is 1. The summed E-state index contributed by atoms with van der Waals surface area (Å²) in [5.41, 5.74) is 1.31. The average Bonchev–Trinajstić information content (AvgIpc) is 3.19. The van der Waals surface area contributed by atoms with Crippen LogP contribution in [0.1, 0.15) is 56.4 Å². The fourth-order valence-corrected chi connectivity index (χ4v) is 5.60. The first-order chi connectivity index (χ1) is 12.7. The van der Waals surface area contributed by atoms with Gasteiger partial charge in [-0.05, 0) is 38.2 Å². The number of carbonyl (C=O) groups excluding carboxylic acids is 1. The fraction of sp³-hybridized carbons (Fsp3) is 0.632. The van der Waals surface area contributed by atoms with Crippen LogP contribution in [-0.4, -0.2) is 27.8 Å². The van der Waals surface area contributed by atoms with Gasteiger partial charge in [0.1, 0.15) is 4.83 Å². The van der Waals surface area contributed by atoms with E-state index >= 15 is 0 Å². The van der Waals surface area contributed by atoms with Gasteiger partial charge in [-0.2, -0.15) is 0 Å².